The van der Waals surface area contributed by atoms with Crippen LogP contribution in [0.25, 0.3) is 0 Å². The lowest BCUT2D eigenvalue weighted by Gasteiger charge is -2.34. The molecule has 1 unspecified atom stereocenters. The van der Waals surface area contributed by atoms with Gasteiger partial charge in [0.2, 0.25) is 5.91 Å². The fourth-order valence-electron chi connectivity index (χ4n) is 2.61. The van der Waals surface area contributed by atoms with Crippen molar-refractivity contribution < 1.29 is 9.42 Å². The molecule has 1 atom stereocenters. The number of amides is 1. The predicted molar refractivity (Wildman–Crippen MR) is 87.7 cm³/mol. The van der Waals surface area contributed by atoms with Crippen molar-refractivity contribution in [1.82, 2.24) is 20.5 Å². The van der Waals surface area contributed by atoms with Crippen molar-refractivity contribution in [3.63, 3.8) is 0 Å². The first kappa shape index (κ1) is 18.4. The molecular weight excluding hydrogens is 352 g/mol. The Hall–Kier alpha value is -1.64. The minimum atomic E-state index is -0.242. The van der Waals surface area contributed by atoms with Gasteiger partial charge in [0.25, 0.3) is 0 Å². The van der Waals surface area contributed by atoms with Crippen LogP contribution in [-0.4, -0.2) is 47.2 Å². The Bertz CT molecular complexity index is 518. The van der Waals surface area contributed by atoms with Gasteiger partial charge in [-0.3, -0.25) is 9.79 Å². The van der Waals surface area contributed by atoms with Crippen molar-refractivity contribution in [2.24, 2.45) is 16.6 Å². The number of halogens is 1. The summed E-state index contributed by atoms with van der Waals surface area (Å²) in [5.41, 5.74) is 6.82. The second-order valence-corrected chi connectivity index (χ2v) is 5.32. The van der Waals surface area contributed by atoms with Gasteiger partial charge < -0.3 is 16.0 Å². The molecule has 124 valence electrons. The number of aliphatic imine (C=N–C) groups is 1. The van der Waals surface area contributed by atoms with E-state index in [1.54, 1.807) is 7.05 Å². The van der Waals surface area contributed by atoms with E-state index in [1.807, 2.05) is 6.92 Å². The lowest BCUT2D eigenvalue weighted by atomic mass is 9.95. The average molecular weight is 375 g/mol. The van der Waals surface area contributed by atoms with Crippen molar-refractivity contribution in [3.05, 3.63) is 11.4 Å². The summed E-state index contributed by atoms with van der Waals surface area (Å²) in [7, 11) is 1.74. The number of aryl methyl sites for hydroxylation is 1. The molecule has 2 rings (SSSR count). The molecule has 0 saturated carbocycles. The first-order valence-corrected chi connectivity index (χ1v) is 7.12. The number of carbonyl (C=O) groups excluding carboxylic acids is 1. The van der Waals surface area contributed by atoms with E-state index in [0.29, 0.717) is 18.9 Å². The van der Waals surface area contributed by atoms with Crippen molar-refractivity contribution in [3.8, 4) is 0 Å². The molecular formula is C13H23BrN6O2. The van der Waals surface area contributed by atoms with Gasteiger partial charge >= 0.3 is 0 Å². The molecule has 2 heterocycles. The fraction of sp³-hybridized carbons (Fsp3) is 0.692. The summed E-state index contributed by atoms with van der Waals surface area (Å²) >= 11 is 0. The van der Waals surface area contributed by atoms with Gasteiger partial charge in [0.1, 0.15) is 11.4 Å². The van der Waals surface area contributed by atoms with E-state index >= 15 is 0 Å². The lowest BCUT2D eigenvalue weighted by Crippen LogP contribution is -2.47. The van der Waals surface area contributed by atoms with Gasteiger partial charge in [0.15, 0.2) is 5.96 Å². The Labute approximate surface area is 140 Å². The standard InChI is InChI=1S/C13H22N6O2.BrH/c1-9-11(18-21-17-9)7-16-13(15-2)19-5-3-4-10(8-19)6-12(14)20;/h10H,3-8H2,1-2H3,(H2,14,20)(H,15,16);1H. The number of nitrogens with one attached hydrogen (secondary N) is 1. The number of carbonyl (C=O) groups is 1. The molecule has 9 heteroatoms. The molecule has 0 aromatic carbocycles. The summed E-state index contributed by atoms with van der Waals surface area (Å²) in [5, 5.41) is 10.8. The van der Waals surface area contributed by atoms with Crippen molar-refractivity contribution in [2.45, 2.75) is 32.7 Å². The quantitative estimate of drug-likeness (QED) is 0.590. The number of hydrogen-bond donors (Lipinski definition) is 2. The Morgan fingerprint density at radius 3 is 2.91 bits per heavy atom. The minimum Gasteiger partial charge on any atom is -0.370 e. The SMILES string of the molecule is Br.CN=C(NCc1nonc1C)N1CCCC(CC(N)=O)C1. The van der Waals surface area contributed by atoms with Crippen LogP contribution in [0.15, 0.2) is 9.62 Å². The van der Waals surface area contributed by atoms with E-state index < -0.39 is 0 Å². The van der Waals surface area contributed by atoms with Gasteiger partial charge in [-0.2, -0.15) is 0 Å². The van der Waals surface area contributed by atoms with Crippen LogP contribution in [0, 0.1) is 12.8 Å². The Morgan fingerprint density at radius 1 is 1.55 bits per heavy atom. The van der Waals surface area contributed by atoms with Crippen LogP contribution in [0.5, 0.6) is 0 Å². The number of piperidine rings is 1. The van der Waals surface area contributed by atoms with Gasteiger partial charge in [-0.25, -0.2) is 4.63 Å². The predicted octanol–water partition coefficient (Wildman–Crippen LogP) is 0.619. The number of nitrogens with zero attached hydrogens (tertiary/aromatic N) is 4. The maximum atomic E-state index is 11.1. The third-order valence-electron chi connectivity index (χ3n) is 3.68. The molecule has 0 spiro atoms. The maximum absolute atomic E-state index is 11.1. The van der Waals surface area contributed by atoms with Gasteiger partial charge in [-0.15, -0.1) is 17.0 Å². The molecule has 1 aromatic heterocycles. The Kier molecular flexibility index (Phi) is 7.30. The highest BCUT2D eigenvalue weighted by molar-refractivity contribution is 8.93. The van der Waals surface area contributed by atoms with E-state index in [0.717, 1.165) is 43.3 Å². The molecule has 0 aliphatic carbocycles. The zero-order chi connectivity index (χ0) is 15.2. The second-order valence-electron chi connectivity index (χ2n) is 5.32. The van der Waals surface area contributed by atoms with Crippen LogP contribution >= 0.6 is 17.0 Å². The molecule has 3 N–H and O–H groups in total. The summed E-state index contributed by atoms with van der Waals surface area (Å²) in [4.78, 5) is 17.5. The van der Waals surface area contributed by atoms with Crippen molar-refractivity contribution >= 4 is 28.8 Å². The molecule has 1 aliphatic rings. The lowest BCUT2D eigenvalue weighted by molar-refractivity contribution is -0.119. The molecule has 1 aromatic rings. The van der Waals surface area contributed by atoms with E-state index in [-0.39, 0.29) is 22.9 Å². The summed E-state index contributed by atoms with van der Waals surface area (Å²) in [6.07, 6.45) is 2.49. The second kappa shape index (κ2) is 8.72. The Morgan fingerprint density at radius 2 is 2.32 bits per heavy atom. The van der Waals surface area contributed by atoms with Crippen molar-refractivity contribution in [1.29, 1.82) is 0 Å². The molecule has 1 saturated heterocycles. The van der Waals surface area contributed by atoms with Gasteiger partial charge in [0.05, 0.1) is 6.54 Å². The third-order valence-corrected chi connectivity index (χ3v) is 3.68. The number of nitrogens with two attached hydrogens (primary N) is 1. The van der Waals surface area contributed by atoms with Crippen LogP contribution in [-0.2, 0) is 11.3 Å². The van der Waals surface area contributed by atoms with E-state index in [2.05, 4.69) is 30.2 Å². The van der Waals surface area contributed by atoms with Crippen LogP contribution in [0.1, 0.15) is 30.7 Å². The summed E-state index contributed by atoms with van der Waals surface area (Å²) in [6, 6.07) is 0. The number of likely N-dealkylation sites (tertiary alicyclic amines) is 1. The molecule has 22 heavy (non-hydrogen) atoms. The molecule has 1 fully saturated rings. The van der Waals surface area contributed by atoms with Gasteiger partial charge in [-0.1, -0.05) is 10.3 Å². The molecule has 0 bridgehead atoms. The highest BCUT2D eigenvalue weighted by Gasteiger charge is 2.23. The molecule has 8 nitrogen and oxygen atoms in total. The van der Waals surface area contributed by atoms with E-state index in [4.69, 9.17) is 5.73 Å². The summed E-state index contributed by atoms with van der Waals surface area (Å²) < 4.78 is 4.67. The minimum absolute atomic E-state index is 0. The fourth-order valence-corrected chi connectivity index (χ4v) is 2.61. The van der Waals surface area contributed by atoms with Crippen LogP contribution in [0.3, 0.4) is 0 Å². The normalized spacial score (nSPS) is 18.7. The number of guanidine groups is 1. The van der Waals surface area contributed by atoms with Crippen LogP contribution < -0.4 is 11.1 Å². The number of primary amides is 1. The zero-order valence-corrected chi connectivity index (χ0v) is 14.6. The molecule has 0 radical (unpaired) electrons. The van der Waals surface area contributed by atoms with Crippen LogP contribution in [0.2, 0.25) is 0 Å². The number of aromatic nitrogens is 2. The third kappa shape index (κ3) is 4.97. The highest BCUT2D eigenvalue weighted by Crippen LogP contribution is 2.19. The van der Waals surface area contributed by atoms with Crippen molar-refractivity contribution in [2.75, 3.05) is 20.1 Å². The first-order chi connectivity index (χ1) is 10.1. The molecule has 1 aliphatic heterocycles. The van der Waals surface area contributed by atoms with Gasteiger partial charge in [0, 0.05) is 26.6 Å². The number of rotatable bonds is 4. The first-order valence-electron chi connectivity index (χ1n) is 7.12. The average Bonchev–Trinajstić information content (AvgIpc) is 2.85. The number of hydrogen-bond acceptors (Lipinski definition) is 5. The molecule has 1 amide bonds. The van der Waals surface area contributed by atoms with E-state index in [9.17, 15) is 4.79 Å². The summed E-state index contributed by atoms with van der Waals surface area (Å²) in [6.45, 7) is 4.07. The summed E-state index contributed by atoms with van der Waals surface area (Å²) in [5.74, 6) is 0.853. The van der Waals surface area contributed by atoms with E-state index in [1.165, 1.54) is 0 Å². The van der Waals surface area contributed by atoms with Crippen LogP contribution in [0.4, 0.5) is 0 Å². The zero-order valence-electron chi connectivity index (χ0n) is 12.9. The maximum Gasteiger partial charge on any atom is 0.217 e. The van der Waals surface area contributed by atoms with Gasteiger partial charge in [-0.05, 0) is 25.7 Å². The monoisotopic (exact) mass is 374 g/mol. The topological polar surface area (TPSA) is 110 Å². The highest BCUT2D eigenvalue weighted by atomic mass is 79.9. The Balaban J connectivity index is 0.00000242. The smallest absolute Gasteiger partial charge is 0.217 e. The largest absolute Gasteiger partial charge is 0.370 e.